The van der Waals surface area contributed by atoms with E-state index in [4.69, 9.17) is 0 Å². The predicted molar refractivity (Wildman–Crippen MR) is 80.0 cm³/mol. The fraction of sp³-hybridized carbons (Fsp3) is 0.214. The molecular formula is C14H13F2N3O2S. The number of nitrogens with zero attached hydrogens (tertiary/aromatic N) is 2. The van der Waals surface area contributed by atoms with Gasteiger partial charge in [0.1, 0.15) is 10.8 Å². The molecule has 0 radical (unpaired) electrons. The largest absolute Gasteiger partial charge is 0.434 e. The third-order valence-corrected chi connectivity index (χ3v) is 3.53. The summed E-state index contributed by atoms with van der Waals surface area (Å²) in [6.07, 6.45) is 3.36. The molecule has 0 aliphatic heterocycles. The van der Waals surface area contributed by atoms with Crippen LogP contribution in [0.1, 0.15) is 17.5 Å². The number of alkyl halides is 2. The van der Waals surface area contributed by atoms with Crippen LogP contribution in [-0.2, 0) is 11.2 Å². The predicted octanol–water partition coefficient (Wildman–Crippen LogP) is 3.35. The van der Waals surface area contributed by atoms with Crippen molar-refractivity contribution in [3.05, 3.63) is 40.9 Å². The van der Waals surface area contributed by atoms with Gasteiger partial charge in [0.05, 0.1) is 0 Å². The van der Waals surface area contributed by atoms with E-state index in [1.165, 1.54) is 29.6 Å². The number of rotatable bonds is 6. The molecule has 22 heavy (non-hydrogen) atoms. The Morgan fingerprint density at radius 1 is 1.41 bits per heavy atom. The molecule has 0 unspecified atom stereocenters. The van der Waals surface area contributed by atoms with Gasteiger partial charge in [-0.05, 0) is 18.6 Å². The molecule has 2 rings (SSSR count). The number of ether oxygens (including phenoxy) is 1. The van der Waals surface area contributed by atoms with E-state index in [9.17, 15) is 13.6 Å². The van der Waals surface area contributed by atoms with Crippen LogP contribution >= 0.6 is 11.3 Å². The van der Waals surface area contributed by atoms with Gasteiger partial charge in [-0.25, -0.2) is 0 Å². The molecule has 0 saturated heterocycles. The topological polar surface area (TPSA) is 64.1 Å². The molecule has 0 atom stereocenters. The molecule has 1 aromatic heterocycles. The van der Waals surface area contributed by atoms with E-state index in [0.29, 0.717) is 10.7 Å². The maximum Gasteiger partial charge on any atom is 0.387 e. The van der Waals surface area contributed by atoms with Gasteiger partial charge in [0.15, 0.2) is 0 Å². The van der Waals surface area contributed by atoms with Crippen LogP contribution in [0.5, 0.6) is 5.75 Å². The maximum atomic E-state index is 12.3. The van der Waals surface area contributed by atoms with E-state index >= 15 is 0 Å². The molecular weight excluding hydrogens is 312 g/mol. The Labute approximate surface area is 129 Å². The first-order valence-corrected chi connectivity index (χ1v) is 7.25. The summed E-state index contributed by atoms with van der Waals surface area (Å²) >= 11 is 1.28. The lowest BCUT2D eigenvalue weighted by molar-refractivity contribution is -0.111. The second-order valence-corrected chi connectivity index (χ2v) is 5.16. The highest BCUT2D eigenvalue weighted by Gasteiger charge is 2.08. The highest BCUT2D eigenvalue weighted by Crippen LogP contribution is 2.21. The summed E-state index contributed by atoms with van der Waals surface area (Å²) in [5, 5.41) is 11.5. The zero-order valence-corrected chi connectivity index (χ0v) is 12.4. The molecule has 0 aliphatic rings. The van der Waals surface area contributed by atoms with E-state index in [1.54, 1.807) is 18.2 Å². The van der Waals surface area contributed by atoms with Crippen LogP contribution in [-0.4, -0.2) is 22.7 Å². The van der Waals surface area contributed by atoms with Crippen LogP contribution in [0, 0.1) is 0 Å². The zero-order valence-electron chi connectivity index (χ0n) is 11.6. The fourth-order valence-corrected chi connectivity index (χ4v) is 2.26. The molecule has 1 N–H and O–H groups in total. The van der Waals surface area contributed by atoms with Crippen molar-refractivity contribution in [1.82, 2.24) is 10.2 Å². The lowest BCUT2D eigenvalue weighted by atomic mass is 10.2. The molecule has 0 aliphatic carbocycles. The summed E-state index contributed by atoms with van der Waals surface area (Å²) in [7, 11) is 0. The fourth-order valence-electron chi connectivity index (χ4n) is 1.58. The Kier molecular flexibility index (Phi) is 5.54. The Bertz CT molecular complexity index is 674. The van der Waals surface area contributed by atoms with Crippen molar-refractivity contribution < 1.29 is 18.3 Å². The number of hydrogen-bond acceptors (Lipinski definition) is 5. The van der Waals surface area contributed by atoms with Crippen molar-refractivity contribution in [2.75, 3.05) is 5.32 Å². The zero-order chi connectivity index (χ0) is 15.9. The van der Waals surface area contributed by atoms with Crippen molar-refractivity contribution >= 4 is 28.5 Å². The minimum Gasteiger partial charge on any atom is -0.434 e. The van der Waals surface area contributed by atoms with Crippen molar-refractivity contribution in [3.63, 3.8) is 0 Å². The van der Waals surface area contributed by atoms with Gasteiger partial charge in [-0.3, -0.25) is 10.1 Å². The molecule has 0 saturated carbocycles. The van der Waals surface area contributed by atoms with Gasteiger partial charge in [0.25, 0.3) is 0 Å². The van der Waals surface area contributed by atoms with Crippen LogP contribution in [0.3, 0.4) is 0 Å². The first kappa shape index (κ1) is 16.0. The standard InChI is InChI=1S/C14H13F2N3O2S/c1-2-12-18-19-14(22-12)17-11(20)8-7-9-5-3-4-6-10(9)21-13(15)16/h3-8,13H,2H2,1H3,(H,17,19,20). The maximum absolute atomic E-state index is 12.3. The van der Waals surface area contributed by atoms with E-state index in [2.05, 4.69) is 20.3 Å². The summed E-state index contributed by atoms with van der Waals surface area (Å²) < 4.78 is 28.9. The number of anilines is 1. The number of para-hydroxylation sites is 1. The van der Waals surface area contributed by atoms with Crippen LogP contribution < -0.4 is 10.1 Å². The van der Waals surface area contributed by atoms with Gasteiger partial charge >= 0.3 is 6.61 Å². The summed E-state index contributed by atoms with van der Waals surface area (Å²) in [4.78, 5) is 11.8. The number of aromatic nitrogens is 2. The summed E-state index contributed by atoms with van der Waals surface area (Å²) in [5.41, 5.74) is 0.379. The first-order valence-electron chi connectivity index (χ1n) is 6.43. The first-order chi connectivity index (χ1) is 10.6. The minimum atomic E-state index is -2.92. The van der Waals surface area contributed by atoms with Gasteiger partial charge in [-0.2, -0.15) is 8.78 Å². The highest BCUT2D eigenvalue weighted by molar-refractivity contribution is 7.15. The summed E-state index contributed by atoms with van der Waals surface area (Å²) in [6.45, 7) is -0.983. The van der Waals surface area contributed by atoms with E-state index in [1.807, 2.05) is 6.92 Å². The number of amides is 1. The highest BCUT2D eigenvalue weighted by atomic mass is 32.1. The van der Waals surface area contributed by atoms with Gasteiger partial charge in [-0.15, -0.1) is 10.2 Å². The second-order valence-electron chi connectivity index (χ2n) is 4.09. The molecule has 2 aromatic rings. The molecule has 1 heterocycles. The lowest BCUT2D eigenvalue weighted by Gasteiger charge is -2.07. The molecule has 5 nitrogen and oxygen atoms in total. The van der Waals surface area contributed by atoms with Crippen LogP contribution in [0.4, 0.5) is 13.9 Å². The molecule has 1 amide bonds. The molecule has 116 valence electrons. The van der Waals surface area contributed by atoms with Gasteiger partial charge in [0, 0.05) is 11.6 Å². The monoisotopic (exact) mass is 325 g/mol. The summed E-state index contributed by atoms with van der Waals surface area (Å²) in [5.74, 6) is -0.420. The van der Waals surface area contributed by atoms with Crippen LogP contribution in [0.25, 0.3) is 6.08 Å². The minimum absolute atomic E-state index is 0.00531. The lowest BCUT2D eigenvalue weighted by Crippen LogP contribution is -2.07. The van der Waals surface area contributed by atoms with Crippen molar-refractivity contribution in [1.29, 1.82) is 0 Å². The van der Waals surface area contributed by atoms with Crippen LogP contribution in [0.2, 0.25) is 0 Å². The van der Waals surface area contributed by atoms with Gasteiger partial charge in [-0.1, -0.05) is 36.5 Å². The molecule has 8 heteroatoms. The van der Waals surface area contributed by atoms with Crippen molar-refractivity contribution in [3.8, 4) is 5.75 Å². The van der Waals surface area contributed by atoms with E-state index in [0.717, 1.165) is 11.4 Å². The summed E-state index contributed by atoms with van der Waals surface area (Å²) in [6, 6.07) is 6.21. The Hall–Kier alpha value is -2.35. The number of aryl methyl sites for hydroxylation is 1. The molecule has 0 fully saturated rings. The van der Waals surface area contributed by atoms with E-state index in [-0.39, 0.29) is 5.75 Å². The van der Waals surface area contributed by atoms with Gasteiger partial charge < -0.3 is 4.74 Å². The molecule has 0 bridgehead atoms. The number of carbonyl (C=O) groups excluding carboxylic acids is 1. The number of benzene rings is 1. The number of hydrogen-bond donors (Lipinski definition) is 1. The van der Waals surface area contributed by atoms with Crippen molar-refractivity contribution in [2.45, 2.75) is 20.0 Å². The third-order valence-electron chi connectivity index (χ3n) is 2.55. The van der Waals surface area contributed by atoms with E-state index < -0.39 is 12.5 Å². The second kappa shape index (κ2) is 7.60. The van der Waals surface area contributed by atoms with Crippen LogP contribution in [0.15, 0.2) is 30.3 Å². The number of carbonyl (C=O) groups is 1. The SMILES string of the molecule is CCc1nnc(NC(=O)C=Cc2ccccc2OC(F)F)s1. The molecule has 1 aromatic carbocycles. The quantitative estimate of drug-likeness (QED) is 0.827. The Balaban J connectivity index is 2.03. The Morgan fingerprint density at radius 3 is 2.86 bits per heavy atom. The third kappa shape index (κ3) is 4.59. The molecule has 0 spiro atoms. The smallest absolute Gasteiger partial charge is 0.387 e. The van der Waals surface area contributed by atoms with Crippen molar-refractivity contribution in [2.24, 2.45) is 0 Å². The normalized spacial score (nSPS) is 11.1. The number of halogens is 2. The van der Waals surface area contributed by atoms with Gasteiger partial charge in [0.2, 0.25) is 11.0 Å². The number of nitrogens with one attached hydrogen (secondary N) is 1. The average Bonchev–Trinajstić information content (AvgIpc) is 2.93. The Morgan fingerprint density at radius 2 is 2.18 bits per heavy atom. The average molecular weight is 325 g/mol.